The van der Waals surface area contributed by atoms with E-state index in [0.29, 0.717) is 5.56 Å². The second-order valence-corrected chi connectivity index (χ2v) is 6.86. The van der Waals surface area contributed by atoms with Gasteiger partial charge in [0.2, 0.25) is 0 Å². The van der Waals surface area contributed by atoms with Crippen LogP contribution in [0.5, 0.6) is 0 Å². The van der Waals surface area contributed by atoms with Crippen molar-refractivity contribution < 1.29 is 4.79 Å². The van der Waals surface area contributed by atoms with Crippen molar-refractivity contribution in [3.8, 4) is 0 Å². The van der Waals surface area contributed by atoms with Crippen LogP contribution in [0, 0.1) is 3.57 Å². The number of carbonyl (C=O) groups excluding carboxylic acids is 1. The summed E-state index contributed by atoms with van der Waals surface area (Å²) in [5.41, 5.74) is 0.658. The highest BCUT2D eigenvalue weighted by atomic mass is 127. The zero-order chi connectivity index (χ0) is 13.0. The largest absolute Gasteiger partial charge is 0.349 e. The first-order valence-corrected chi connectivity index (χ1v) is 7.61. The number of benzene rings is 1. The van der Waals surface area contributed by atoms with Gasteiger partial charge in [0, 0.05) is 19.5 Å². The molecule has 1 N–H and O–H groups in total. The molecule has 1 rings (SSSR count). The van der Waals surface area contributed by atoms with Crippen molar-refractivity contribution >= 4 is 56.0 Å². The van der Waals surface area contributed by atoms with E-state index in [9.17, 15) is 4.79 Å². The summed E-state index contributed by atoms with van der Waals surface area (Å²) in [6, 6.07) is 5.76. The molecule has 0 aliphatic rings. The Kier molecular flexibility index (Phi) is 6.23. The number of rotatable bonds is 4. The molecule has 0 spiro atoms. The summed E-state index contributed by atoms with van der Waals surface area (Å²) in [4.78, 5) is 12.0. The molecule has 2 atom stereocenters. The highest BCUT2D eigenvalue weighted by Gasteiger charge is 2.14. The molecule has 0 fully saturated rings. The molecule has 94 valence electrons. The normalized spacial score (nSPS) is 14.2. The van der Waals surface area contributed by atoms with Gasteiger partial charge in [0.05, 0.1) is 5.56 Å². The van der Waals surface area contributed by atoms with E-state index in [1.165, 1.54) is 0 Å². The van der Waals surface area contributed by atoms with Crippen LogP contribution in [-0.2, 0) is 0 Å². The lowest BCUT2D eigenvalue weighted by atomic mass is 10.1. The first-order chi connectivity index (χ1) is 7.90. The fraction of sp³-hybridized carbons (Fsp3) is 0.417. The summed E-state index contributed by atoms with van der Waals surface area (Å²) in [5.74, 6) is -0.0693. The van der Waals surface area contributed by atoms with Crippen LogP contribution in [0.4, 0.5) is 0 Å². The summed E-state index contributed by atoms with van der Waals surface area (Å²) in [6.45, 7) is 3.88. The Balaban J connectivity index is 2.73. The van der Waals surface area contributed by atoms with Crippen molar-refractivity contribution in [3.63, 3.8) is 0 Å². The lowest BCUT2D eigenvalue weighted by Crippen LogP contribution is -2.34. The molecule has 0 radical (unpaired) electrons. The Morgan fingerprint density at radius 1 is 1.53 bits per heavy atom. The van der Waals surface area contributed by atoms with Crippen LogP contribution in [0.3, 0.4) is 0 Å². The van der Waals surface area contributed by atoms with E-state index < -0.39 is 0 Å². The number of halogens is 3. The summed E-state index contributed by atoms with van der Waals surface area (Å²) in [6.07, 6.45) is 0.759. The Morgan fingerprint density at radius 3 is 2.76 bits per heavy atom. The third-order valence-corrected chi connectivity index (χ3v) is 3.77. The van der Waals surface area contributed by atoms with Gasteiger partial charge in [-0.25, -0.2) is 0 Å². The van der Waals surface area contributed by atoms with Crippen molar-refractivity contribution in [3.05, 3.63) is 31.8 Å². The fourth-order valence-corrected chi connectivity index (χ4v) is 2.70. The van der Waals surface area contributed by atoms with Crippen LogP contribution < -0.4 is 5.32 Å². The zero-order valence-electron chi connectivity index (χ0n) is 9.64. The lowest BCUT2D eigenvalue weighted by molar-refractivity contribution is 0.0937. The predicted molar refractivity (Wildman–Crippen MR) is 83.7 cm³/mol. The Bertz CT molecular complexity index is 411. The predicted octanol–water partition coefficient (Wildman–Crippen LogP) is 4.19. The van der Waals surface area contributed by atoms with E-state index in [-0.39, 0.29) is 17.3 Å². The molecule has 0 heterocycles. The fourth-order valence-electron chi connectivity index (χ4n) is 1.52. The van der Waals surface area contributed by atoms with Gasteiger partial charge in [-0.1, -0.05) is 0 Å². The summed E-state index contributed by atoms with van der Waals surface area (Å²) in [7, 11) is 0. The second kappa shape index (κ2) is 6.95. The van der Waals surface area contributed by atoms with Crippen LogP contribution >= 0.6 is 50.1 Å². The van der Waals surface area contributed by atoms with Gasteiger partial charge < -0.3 is 5.32 Å². The van der Waals surface area contributed by atoms with Crippen LogP contribution in [-0.4, -0.2) is 17.3 Å². The molecular weight excluding hydrogens is 416 g/mol. The highest BCUT2D eigenvalue weighted by molar-refractivity contribution is 14.1. The molecule has 17 heavy (non-hydrogen) atoms. The summed E-state index contributed by atoms with van der Waals surface area (Å²) >= 11 is 11.5. The summed E-state index contributed by atoms with van der Waals surface area (Å²) < 4.78 is 1.84. The Morgan fingerprint density at radius 2 is 2.18 bits per heavy atom. The number of amides is 1. The first kappa shape index (κ1) is 15.2. The maximum atomic E-state index is 12.0. The van der Waals surface area contributed by atoms with E-state index in [2.05, 4.69) is 43.8 Å². The Hall–Kier alpha value is 0.190. The van der Waals surface area contributed by atoms with Gasteiger partial charge in [-0.15, -0.1) is 11.6 Å². The van der Waals surface area contributed by atoms with Crippen LogP contribution in [0.15, 0.2) is 22.7 Å². The van der Waals surface area contributed by atoms with Gasteiger partial charge in [0.1, 0.15) is 0 Å². The third kappa shape index (κ3) is 5.14. The van der Waals surface area contributed by atoms with Crippen molar-refractivity contribution in [1.29, 1.82) is 0 Å². The SMILES string of the molecule is CC(Cl)CC(C)NC(=O)c1cc(I)ccc1Br. The first-order valence-electron chi connectivity index (χ1n) is 5.30. The monoisotopic (exact) mass is 429 g/mol. The van der Waals surface area contributed by atoms with Gasteiger partial charge in [-0.3, -0.25) is 4.79 Å². The molecule has 0 saturated carbocycles. The quantitative estimate of drug-likeness (QED) is 0.563. The van der Waals surface area contributed by atoms with Gasteiger partial charge in [-0.05, 0) is 77.0 Å². The number of hydrogen-bond acceptors (Lipinski definition) is 1. The van der Waals surface area contributed by atoms with Gasteiger partial charge >= 0.3 is 0 Å². The van der Waals surface area contributed by atoms with Gasteiger partial charge in [0.25, 0.3) is 5.91 Å². The molecule has 0 saturated heterocycles. The Labute approximate surface area is 129 Å². The van der Waals surface area contributed by atoms with Gasteiger partial charge in [0.15, 0.2) is 0 Å². The van der Waals surface area contributed by atoms with Crippen LogP contribution in [0.1, 0.15) is 30.6 Å². The van der Waals surface area contributed by atoms with Crippen molar-refractivity contribution in [2.45, 2.75) is 31.7 Å². The molecule has 0 aliphatic carbocycles. The minimum Gasteiger partial charge on any atom is -0.349 e. The maximum absolute atomic E-state index is 12.0. The molecule has 1 amide bonds. The van der Waals surface area contributed by atoms with Gasteiger partial charge in [-0.2, -0.15) is 0 Å². The average Bonchev–Trinajstić information content (AvgIpc) is 2.20. The molecule has 2 nitrogen and oxygen atoms in total. The average molecular weight is 431 g/mol. The minimum absolute atomic E-state index is 0.0599. The molecule has 5 heteroatoms. The van der Waals surface area contributed by atoms with E-state index in [1.54, 1.807) is 0 Å². The molecule has 0 aromatic heterocycles. The number of nitrogens with one attached hydrogen (secondary N) is 1. The highest BCUT2D eigenvalue weighted by Crippen LogP contribution is 2.19. The molecule has 2 unspecified atom stereocenters. The topological polar surface area (TPSA) is 29.1 Å². The van der Waals surface area contributed by atoms with Crippen molar-refractivity contribution in [2.75, 3.05) is 0 Å². The molecule has 0 bridgehead atoms. The summed E-state index contributed by atoms with van der Waals surface area (Å²) in [5, 5.41) is 3.00. The van der Waals surface area contributed by atoms with E-state index in [1.807, 2.05) is 32.0 Å². The van der Waals surface area contributed by atoms with Crippen LogP contribution in [0.25, 0.3) is 0 Å². The molecule has 1 aromatic rings. The van der Waals surface area contributed by atoms with E-state index in [0.717, 1.165) is 14.5 Å². The van der Waals surface area contributed by atoms with Crippen LogP contribution in [0.2, 0.25) is 0 Å². The third-order valence-electron chi connectivity index (χ3n) is 2.23. The molecule has 1 aromatic carbocycles. The minimum atomic E-state index is -0.0693. The van der Waals surface area contributed by atoms with Crippen molar-refractivity contribution in [2.24, 2.45) is 0 Å². The van der Waals surface area contributed by atoms with E-state index >= 15 is 0 Å². The lowest BCUT2D eigenvalue weighted by Gasteiger charge is -2.15. The zero-order valence-corrected chi connectivity index (χ0v) is 14.1. The molecular formula is C12H14BrClINO. The standard InChI is InChI=1S/C12H14BrClINO/c1-7(14)5-8(2)16-12(17)10-6-9(15)3-4-11(10)13/h3-4,6-8H,5H2,1-2H3,(H,16,17). The number of hydrogen-bond donors (Lipinski definition) is 1. The second-order valence-electron chi connectivity index (χ2n) is 4.02. The number of alkyl halides is 1. The smallest absolute Gasteiger partial charge is 0.252 e. The molecule has 0 aliphatic heterocycles. The van der Waals surface area contributed by atoms with E-state index in [4.69, 9.17) is 11.6 Å². The number of carbonyl (C=O) groups is 1. The maximum Gasteiger partial charge on any atom is 0.252 e. The van der Waals surface area contributed by atoms with Crippen molar-refractivity contribution in [1.82, 2.24) is 5.32 Å².